The maximum Gasteiger partial charge on any atom is 0.191 e. The molecule has 0 saturated heterocycles. The minimum Gasteiger partial charge on any atom is -0.355 e. The third-order valence-electron chi connectivity index (χ3n) is 4.40. The van der Waals surface area contributed by atoms with Gasteiger partial charge in [-0.2, -0.15) is 0 Å². The Kier molecular flexibility index (Phi) is 8.86. The lowest BCUT2D eigenvalue weighted by Gasteiger charge is -2.32. The highest BCUT2D eigenvalue weighted by molar-refractivity contribution is 14.0. The van der Waals surface area contributed by atoms with E-state index in [4.69, 9.17) is 0 Å². The summed E-state index contributed by atoms with van der Waals surface area (Å²) in [6.45, 7) is 8.47. The van der Waals surface area contributed by atoms with Gasteiger partial charge in [-0.3, -0.25) is 4.99 Å². The Bertz CT molecular complexity index is 477. The van der Waals surface area contributed by atoms with Gasteiger partial charge in [-0.25, -0.2) is 0 Å². The van der Waals surface area contributed by atoms with Crippen LogP contribution < -0.4 is 10.6 Å². The Balaban J connectivity index is 0.00000264. The number of hydrogen-bond donors (Lipinski definition) is 2. The van der Waals surface area contributed by atoms with Crippen molar-refractivity contribution >= 4 is 29.9 Å². The van der Waals surface area contributed by atoms with Crippen molar-refractivity contribution in [2.24, 2.45) is 16.8 Å². The first kappa shape index (κ1) is 20.2. The van der Waals surface area contributed by atoms with Crippen LogP contribution in [0.4, 0.5) is 0 Å². The van der Waals surface area contributed by atoms with E-state index in [1.165, 1.54) is 19.3 Å². The third-order valence-corrected chi connectivity index (χ3v) is 4.40. The van der Waals surface area contributed by atoms with Gasteiger partial charge < -0.3 is 15.2 Å². The summed E-state index contributed by atoms with van der Waals surface area (Å²) >= 11 is 0. The predicted octanol–water partition coefficient (Wildman–Crippen LogP) is 2.45. The van der Waals surface area contributed by atoms with Gasteiger partial charge in [0.05, 0.1) is 0 Å². The second-order valence-electron chi connectivity index (χ2n) is 6.55. The van der Waals surface area contributed by atoms with Gasteiger partial charge in [0, 0.05) is 32.6 Å². The highest BCUT2D eigenvalue weighted by Crippen LogP contribution is 2.28. The van der Waals surface area contributed by atoms with Gasteiger partial charge in [0.1, 0.15) is 12.2 Å². The van der Waals surface area contributed by atoms with Crippen LogP contribution in [0.25, 0.3) is 0 Å². The molecule has 6 nitrogen and oxygen atoms in total. The number of hydrogen-bond acceptors (Lipinski definition) is 3. The fraction of sp³-hybridized carbons (Fsp3) is 0.812. The molecule has 7 heteroatoms. The number of aliphatic imine (C=N–C) groups is 1. The van der Waals surface area contributed by atoms with Crippen LogP contribution in [0.5, 0.6) is 0 Å². The van der Waals surface area contributed by atoms with Crippen LogP contribution in [-0.4, -0.2) is 40.4 Å². The molecule has 0 bridgehead atoms. The first-order valence-electron chi connectivity index (χ1n) is 8.46. The molecule has 2 unspecified atom stereocenters. The fourth-order valence-corrected chi connectivity index (χ4v) is 3.49. The monoisotopic (exact) mass is 434 g/mol. The minimum absolute atomic E-state index is 0. The summed E-state index contributed by atoms with van der Waals surface area (Å²) in [7, 11) is 1.83. The van der Waals surface area contributed by atoms with E-state index in [0.29, 0.717) is 6.04 Å². The molecule has 0 spiro atoms. The van der Waals surface area contributed by atoms with Crippen LogP contribution in [0.1, 0.15) is 45.9 Å². The molecule has 0 aromatic carbocycles. The zero-order valence-corrected chi connectivity index (χ0v) is 17.1. The van der Waals surface area contributed by atoms with E-state index in [1.54, 1.807) is 6.33 Å². The molecule has 0 aliphatic heterocycles. The smallest absolute Gasteiger partial charge is 0.191 e. The second kappa shape index (κ2) is 10.1. The van der Waals surface area contributed by atoms with E-state index >= 15 is 0 Å². The molecule has 1 fully saturated rings. The van der Waals surface area contributed by atoms with Gasteiger partial charge in [0.15, 0.2) is 5.96 Å². The van der Waals surface area contributed by atoms with E-state index < -0.39 is 0 Å². The van der Waals surface area contributed by atoms with E-state index in [9.17, 15) is 0 Å². The molecule has 2 rings (SSSR count). The van der Waals surface area contributed by atoms with Crippen LogP contribution in [0.15, 0.2) is 11.3 Å². The number of guanidine groups is 1. The van der Waals surface area contributed by atoms with Crippen LogP contribution in [0.2, 0.25) is 0 Å². The largest absolute Gasteiger partial charge is 0.355 e. The molecule has 23 heavy (non-hydrogen) atoms. The summed E-state index contributed by atoms with van der Waals surface area (Å²) in [5, 5.41) is 15.0. The summed E-state index contributed by atoms with van der Waals surface area (Å²) in [5.41, 5.74) is 0. The number of halogens is 1. The lowest BCUT2D eigenvalue weighted by molar-refractivity contribution is 0.255. The van der Waals surface area contributed by atoms with Crippen molar-refractivity contribution in [2.45, 2.75) is 59.0 Å². The van der Waals surface area contributed by atoms with Crippen molar-refractivity contribution < 1.29 is 0 Å². The van der Waals surface area contributed by atoms with Gasteiger partial charge in [-0.05, 0) is 31.1 Å². The molecule has 1 saturated carbocycles. The molecule has 0 amide bonds. The molecule has 132 valence electrons. The summed E-state index contributed by atoms with van der Waals surface area (Å²) in [5.74, 6) is 3.52. The van der Waals surface area contributed by atoms with Crippen LogP contribution in [0, 0.1) is 11.8 Å². The Morgan fingerprint density at radius 1 is 1.30 bits per heavy atom. The van der Waals surface area contributed by atoms with E-state index in [0.717, 1.165) is 43.1 Å². The van der Waals surface area contributed by atoms with Crippen molar-refractivity contribution in [2.75, 3.05) is 13.6 Å². The summed E-state index contributed by atoms with van der Waals surface area (Å²) in [4.78, 5) is 4.35. The normalized spacial score (nSPS) is 24.9. The number of aromatic nitrogens is 3. The zero-order chi connectivity index (χ0) is 15.9. The highest BCUT2D eigenvalue weighted by Gasteiger charge is 2.24. The molecule has 0 radical (unpaired) electrons. The average molecular weight is 434 g/mol. The van der Waals surface area contributed by atoms with E-state index in [-0.39, 0.29) is 24.0 Å². The van der Waals surface area contributed by atoms with Crippen LogP contribution in [0.3, 0.4) is 0 Å². The summed E-state index contributed by atoms with van der Waals surface area (Å²) < 4.78 is 2.09. The molecular formula is C16H31IN6. The first-order chi connectivity index (χ1) is 10.6. The van der Waals surface area contributed by atoms with Crippen LogP contribution >= 0.6 is 24.0 Å². The van der Waals surface area contributed by atoms with Crippen molar-refractivity contribution in [3.63, 3.8) is 0 Å². The number of nitrogens with zero attached hydrogens (tertiary/aromatic N) is 4. The number of aryl methyl sites for hydroxylation is 1. The van der Waals surface area contributed by atoms with Crippen molar-refractivity contribution in [1.82, 2.24) is 25.4 Å². The van der Waals surface area contributed by atoms with E-state index in [1.807, 2.05) is 7.05 Å². The highest BCUT2D eigenvalue weighted by atomic mass is 127. The lowest BCUT2D eigenvalue weighted by atomic mass is 9.80. The van der Waals surface area contributed by atoms with Gasteiger partial charge in [0.2, 0.25) is 0 Å². The Labute approximate surface area is 157 Å². The topological polar surface area (TPSA) is 67.1 Å². The molecule has 2 atom stereocenters. The summed E-state index contributed by atoms with van der Waals surface area (Å²) in [6, 6.07) is 0.533. The Hall–Kier alpha value is -0.860. The zero-order valence-electron chi connectivity index (χ0n) is 14.7. The molecule has 1 aromatic rings. The fourth-order valence-electron chi connectivity index (χ4n) is 3.49. The minimum atomic E-state index is 0. The third kappa shape index (κ3) is 6.27. The van der Waals surface area contributed by atoms with Crippen molar-refractivity contribution in [1.29, 1.82) is 0 Å². The average Bonchev–Trinajstić information content (AvgIpc) is 2.92. The SMILES string of the molecule is CCc1nncn1CCNC(=NC)NC1CC(C)CC(C)C1.I. The maximum absolute atomic E-state index is 4.35. The van der Waals surface area contributed by atoms with Crippen LogP contribution in [-0.2, 0) is 13.0 Å². The van der Waals surface area contributed by atoms with Crippen molar-refractivity contribution in [3.05, 3.63) is 12.2 Å². The van der Waals surface area contributed by atoms with Gasteiger partial charge in [-0.15, -0.1) is 34.2 Å². The van der Waals surface area contributed by atoms with Gasteiger partial charge >= 0.3 is 0 Å². The van der Waals surface area contributed by atoms with Gasteiger partial charge in [0.25, 0.3) is 0 Å². The molecule has 1 aromatic heterocycles. The van der Waals surface area contributed by atoms with E-state index in [2.05, 4.69) is 51.2 Å². The Morgan fingerprint density at radius 2 is 2.00 bits per heavy atom. The Morgan fingerprint density at radius 3 is 2.61 bits per heavy atom. The standard InChI is InChI=1S/C16H30N6.HI/c1-5-15-21-19-11-22(15)7-6-18-16(17-4)20-14-9-12(2)8-13(3)10-14;/h11-14H,5-10H2,1-4H3,(H2,17,18,20);1H. The lowest BCUT2D eigenvalue weighted by Crippen LogP contribution is -2.46. The molecule has 1 aliphatic carbocycles. The summed E-state index contributed by atoms with van der Waals surface area (Å²) in [6.07, 6.45) is 6.51. The van der Waals surface area contributed by atoms with Gasteiger partial charge in [-0.1, -0.05) is 20.8 Å². The first-order valence-corrected chi connectivity index (χ1v) is 8.46. The quantitative estimate of drug-likeness (QED) is 0.425. The molecule has 1 heterocycles. The predicted molar refractivity (Wildman–Crippen MR) is 105 cm³/mol. The molecule has 2 N–H and O–H groups in total. The molecule has 1 aliphatic rings. The maximum atomic E-state index is 4.35. The molecular weight excluding hydrogens is 403 g/mol. The number of rotatable bonds is 5. The second-order valence-corrected chi connectivity index (χ2v) is 6.55. The number of nitrogens with one attached hydrogen (secondary N) is 2. The van der Waals surface area contributed by atoms with Crippen molar-refractivity contribution in [3.8, 4) is 0 Å².